The molecule has 1 saturated heterocycles. The maximum absolute atomic E-state index is 14.3. The summed E-state index contributed by atoms with van der Waals surface area (Å²) in [5, 5.41) is 13.6. The van der Waals surface area contributed by atoms with Crippen molar-refractivity contribution < 1.29 is 14.3 Å². The molecule has 3 heterocycles. The minimum absolute atomic E-state index is 0.182. The second kappa shape index (κ2) is 14.7. The van der Waals surface area contributed by atoms with Gasteiger partial charge in [-0.2, -0.15) is 10.2 Å². The number of allylic oxidation sites excluding steroid dienone is 1. The molecule has 0 spiro atoms. The Kier molecular flexibility index (Phi) is 11.2. The van der Waals surface area contributed by atoms with E-state index in [9.17, 15) is 14.9 Å². The summed E-state index contributed by atoms with van der Waals surface area (Å²) in [7, 11) is 4.68. The number of rotatable bonds is 10. The third kappa shape index (κ3) is 7.41. The zero-order valence-corrected chi connectivity index (χ0v) is 28.9. The van der Waals surface area contributed by atoms with Crippen molar-refractivity contribution in [3.8, 4) is 28.7 Å². The van der Waals surface area contributed by atoms with E-state index in [0.29, 0.717) is 60.2 Å². The number of hydrogen-bond donors (Lipinski definition) is 1. The monoisotopic (exact) mass is 669 g/mol. The number of nitrogens with zero attached hydrogens (tertiary/aromatic N) is 6. The number of ether oxygens (including phenoxy) is 2. The number of aromatic nitrogens is 3. The second-order valence-corrected chi connectivity index (χ2v) is 13.0. The molecule has 1 aliphatic heterocycles. The molecule has 2 aromatic heterocycles. The van der Waals surface area contributed by atoms with Gasteiger partial charge in [-0.15, -0.1) is 0 Å². The fraction of sp³-hybridized carbons (Fsp3) is 0.485. The number of carbonyl (C=O) groups excluding carboxylic acids is 1. The highest BCUT2D eigenvalue weighted by Crippen LogP contribution is 2.45. The molecule has 0 atom stereocenters. The number of anilines is 1. The van der Waals surface area contributed by atoms with Crippen molar-refractivity contribution in [1.82, 2.24) is 24.3 Å². The van der Waals surface area contributed by atoms with E-state index in [2.05, 4.69) is 33.2 Å². The van der Waals surface area contributed by atoms with Crippen LogP contribution in [0.2, 0.25) is 10.0 Å². The summed E-state index contributed by atoms with van der Waals surface area (Å²) < 4.78 is 12.5. The lowest BCUT2D eigenvalue weighted by molar-refractivity contribution is -0.128. The third-order valence-corrected chi connectivity index (χ3v) is 8.86. The van der Waals surface area contributed by atoms with Gasteiger partial charge in [-0.05, 0) is 30.9 Å². The average Bonchev–Trinajstić information content (AvgIpc) is 3.04. The van der Waals surface area contributed by atoms with Gasteiger partial charge in [0.15, 0.2) is 0 Å². The zero-order valence-electron chi connectivity index (χ0n) is 27.4. The van der Waals surface area contributed by atoms with Crippen molar-refractivity contribution in [2.24, 2.45) is 5.41 Å². The molecule has 13 heteroatoms. The van der Waals surface area contributed by atoms with E-state index >= 15 is 0 Å². The molecule has 1 N–H and O–H groups in total. The Morgan fingerprint density at radius 3 is 2.33 bits per heavy atom. The number of hydrogen-bond acceptors (Lipinski definition) is 9. The lowest BCUT2D eigenvalue weighted by Crippen LogP contribution is -2.48. The summed E-state index contributed by atoms with van der Waals surface area (Å²) in [6.07, 6.45) is 4.90. The number of likely N-dealkylation sites (tertiary alicyclic amines) is 1. The van der Waals surface area contributed by atoms with Gasteiger partial charge in [-0.1, -0.05) is 57.0 Å². The van der Waals surface area contributed by atoms with Crippen LogP contribution in [-0.4, -0.2) is 83.7 Å². The van der Waals surface area contributed by atoms with Gasteiger partial charge in [0.2, 0.25) is 5.95 Å². The van der Waals surface area contributed by atoms with Gasteiger partial charge in [0.05, 0.1) is 29.8 Å². The Balaban J connectivity index is 1.65. The molecule has 0 radical (unpaired) electrons. The van der Waals surface area contributed by atoms with Crippen molar-refractivity contribution >= 4 is 46.1 Å². The molecule has 0 unspecified atom stereocenters. The first-order chi connectivity index (χ1) is 21.9. The van der Waals surface area contributed by atoms with Crippen LogP contribution in [0.15, 0.2) is 34.8 Å². The normalized spacial score (nSPS) is 14.5. The predicted molar refractivity (Wildman–Crippen MR) is 182 cm³/mol. The SMILES string of the molecule is CCN(CCn1c(=O)c(-c2c(Cl)c(OC)cc(OC)c2Cl)cc2cnc(NC)nc21)C1CCN(C(=O)/C(C#N)=C\C(C)(C)C)CC1. The largest absolute Gasteiger partial charge is 0.495 e. The molecule has 1 aromatic carbocycles. The van der Waals surface area contributed by atoms with Crippen molar-refractivity contribution in [3.63, 3.8) is 0 Å². The number of halogens is 2. The van der Waals surface area contributed by atoms with Crippen LogP contribution in [0.4, 0.5) is 5.95 Å². The van der Waals surface area contributed by atoms with E-state index < -0.39 is 0 Å². The number of fused-ring (bicyclic) bond motifs is 1. The van der Waals surface area contributed by atoms with Gasteiger partial charge in [0.1, 0.15) is 28.8 Å². The van der Waals surface area contributed by atoms with Crippen LogP contribution in [0.3, 0.4) is 0 Å². The molecule has 46 heavy (non-hydrogen) atoms. The zero-order chi connectivity index (χ0) is 33.8. The molecule has 0 aliphatic carbocycles. The van der Waals surface area contributed by atoms with Gasteiger partial charge >= 0.3 is 0 Å². The minimum atomic E-state index is -0.321. The van der Waals surface area contributed by atoms with Crippen molar-refractivity contribution in [2.75, 3.05) is 52.8 Å². The molecule has 0 saturated carbocycles. The topological polar surface area (TPSA) is 126 Å². The van der Waals surface area contributed by atoms with Crippen molar-refractivity contribution in [3.05, 3.63) is 50.4 Å². The average molecular weight is 671 g/mol. The summed E-state index contributed by atoms with van der Waals surface area (Å²) >= 11 is 13.5. The number of nitriles is 1. The molecule has 246 valence electrons. The molecule has 0 bridgehead atoms. The molecule has 4 rings (SSSR count). The lowest BCUT2D eigenvalue weighted by Gasteiger charge is -2.38. The highest BCUT2D eigenvalue weighted by Gasteiger charge is 2.29. The molecule has 1 fully saturated rings. The van der Waals surface area contributed by atoms with Crippen LogP contribution in [0.5, 0.6) is 11.5 Å². The molecule has 1 amide bonds. The Morgan fingerprint density at radius 2 is 1.80 bits per heavy atom. The first-order valence-corrected chi connectivity index (χ1v) is 16.0. The van der Waals surface area contributed by atoms with Gasteiger partial charge in [0, 0.05) is 62.5 Å². The van der Waals surface area contributed by atoms with E-state index in [1.165, 1.54) is 14.2 Å². The van der Waals surface area contributed by atoms with Crippen LogP contribution >= 0.6 is 23.2 Å². The molecule has 1 aliphatic rings. The predicted octanol–water partition coefficient (Wildman–Crippen LogP) is 5.63. The maximum Gasteiger partial charge on any atom is 0.264 e. The van der Waals surface area contributed by atoms with Crippen molar-refractivity contribution in [1.29, 1.82) is 5.26 Å². The van der Waals surface area contributed by atoms with E-state index in [1.807, 2.05) is 20.8 Å². The number of nitrogens with one attached hydrogen (secondary N) is 1. The standard InChI is InChI=1S/C33H41Cl2N7O4/c1-8-40(22-9-11-41(12-10-22)30(43)21(18-36)17-33(2,3)4)13-14-42-29-20(19-38-32(37-5)39-29)15-23(31(42)44)26-27(34)24(45-6)16-25(46-7)28(26)35/h15-17,19,22H,8-14H2,1-7H3,(H,37,38,39)/b21-17-. The summed E-state index contributed by atoms with van der Waals surface area (Å²) in [5.41, 5.74) is 0.638. The van der Waals surface area contributed by atoms with E-state index in [1.54, 1.807) is 40.9 Å². The number of pyridine rings is 1. The molecule has 3 aromatic rings. The highest BCUT2D eigenvalue weighted by atomic mass is 35.5. The van der Waals surface area contributed by atoms with E-state index in [-0.39, 0.29) is 44.1 Å². The number of methoxy groups -OCH3 is 2. The van der Waals surface area contributed by atoms with Gasteiger partial charge < -0.3 is 19.7 Å². The van der Waals surface area contributed by atoms with Crippen molar-refractivity contribution in [2.45, 2.75) is 53.1 Å². The summed E-state index contributed by atoms with van der Waals surface area (Å²) in [4.78, 5) is 40.4. The van der Waals surface area contributed by atoms with Crippen LogP contribution in [0.1, 0.15) is 40.5 Å². The lowest BCUT2D eigenvalue weighted by atomic mass is 9.93. The second-order valence-electron chi connectivity index (χ2n) is 12.2. The first kappa shape index (κ1) is 35.0. The Labute approximate surface area is 279 Å². The maximum atomic E-state index is 14.3. The van der Waals surface area contributed by atoms with Gasteiger partial charge in [-0.25, -0.2) is 4.98 Å². The summed E-state index contributed by atoms with van der Waals surface area (Å²) in [6.45, 7) is 10.7. The fourth-order valence-corrected chi connectivity index (χ4v) is 6.50. The number of benzene rings is 1. The fourth-order valence-electron chi connectivity index (χ4n) is 5.79. The summed E-state index contributed by atoms with van der Waals surface area (Å²) in [6, 6.07) is 5.55. The molecular formula is C33H41Cl2N7O4. The number of carbonyl (C=O) groups is 1. The third-order valence-electron chi connectivity index (χ3n) is 8.11. The van der Waals surface area contributed by atoms with E-state index in [0.717, 1.165) is 19.4 Å². The molecular weight excluding hydrogens is 629 g/mol. The first-order valence-electron chi connectivity index (χ1n) is 15.2. The summed E-state index contributed by atoms with van der Waals surface area (Å²) in [5.74, 6) is 0.807. The van der Waals surface area contributed by atoms with E-state index in [4.69, 9.17) is 32.7 Å². The van der Waals surface area contributed by atoms with Crippen LogP contribution in [0.25, 0.3) is 22.2 Å². The van der Waals surface area contributed by atoms with Gasteiger partial charge in [0.25, 0.3) is 11.5 Å². The number of amides is 1. The number of piperidine rings is 1. The Hall–Kier alpha value is -3.85. The van der Waals surface area contributed by atoms with Crippen LogP contribution < -0.4 is 20.3 Å². The smallest absolute Gasteiger partial charge is 0.264 e. The minimum Gasteiger partial charge on any atom is -0.495 e. The Bertz CT molecular complexity index is 1710. The number of likely N-dealkylation sites (N-methyl/N-ethyl adjacent to an activating group) is 1. The Morgan fingerprint density at radius 1 is 1.17 bits per heavy atom. The quantitative estimate of drug-likeness (QED) is 0.216. The van der Waals surface area contributed by atoms with Crippen LogP contribution in [0, 0.1) is 16.7 Å². The van der Waals surface area contributed by atoms with Gasteiger partial charge in [-0.3, -0.25) is 19.1 Å². The molecule has 11 nitrogen and oxygen atoms in total. The van der Waals surface area contributed by atoms with Crippen LogP contribution in [-0.2, 0) is 11.3 Å². The highest BCUT2D eigenvalue weighted by molar-refractivity contribution is 6.41.